The van der Waals surface area contributed by atoms with Gasteiger partial charge in [-0.3, -0.25) is 4.79 Å². The van der Waals surface area contributed by atoms with Gasteiger partial charge in [-0.05, 0) is 24.6 Å². The lowest BCUT2D eigenvalue weighted by atomic mass is 9.98. The number of pyridine rings is 1. The highest BCUT2D eigenvalue weighted by atomic mass is 16.5. The van der Waals surface area contributed by atoms with Crippen LogP contribution in [-0.2, 0) is 6.54 Å². The first-order valence-electron chi connectivity index (χ1n) is 8.85. The maximum absolute atomic E-state index is 12.4. The second-order valence-corrected chi connectivity index (χ2v) is 6.56. The minimum atomic E-state index is -0.303. The van der Waals surface area contributed by atoms with Gasteiger partial charge in [-0.15, -0.1) is 0 Å². The SMILES string of the molecule is Cc1cccc2nc(CNC(=O)c3cc([C@@H](C)c4ccccc4)no3)cn12. The lowest BCUT2D eigenvalue weighted by Gasteiger charge is -2.06. The third-order valence-corrected chi connectivity index (χ3v) is 4.67. The lowest BCUT2D eigenvalue weighted by Crippen LogP contribution is -2.22. The average Bonchev–Trinajstić information content (AvgIpc) is 3.34. The van der Waals surface area contributed by atoms with Gasteiger partial charge in [-0.2, -0.15) is 0 Å². The summed E-state index contributed by atoms with van der Waals surface area (Å²) in [4.78, 5) is 16.9. The highest BCUT2D eigenvalue weighted by Gasteiger charge is 2.18. The first kappa shape index (κ1) is 17.0. The Balaban J connectivity index is 1.44. The van der Waals surface area contributed by atoms with Crippen molar-refractivity contribution in [1.29, 1.82) is 0 Å². The number of fused-ring (bicyclic) bond motifs is 1. The standard InChI is InChI=1S/C21H20N4O2/c1-14-7-6-10-20-23-17(13-25(14)20)12-22-21(26)19-11-18(24-27-19)15(2)16-8-4-3-5-9-16/h3-11,13,15H,12H2,1-2H3,(H,22,26)/t15-/m0/s1. The fraction of sp³-hybridized carbons (Fsp3) is 0.190. The van der Waals surface area contributed by atoms with Crippen molar-refractivity contribution >= 4 is 11.6 Å². The van der Waals surface area contributed by atoms with Crippen LogP contribution < -0.4 is 5.32 Å². The molecule has 0 aliphatic rings. The summed E-state index contributed by atoms with van der Waals surface area (Å²) in [5, 5.41) is 6.90. The van der Waals surface area contributed by atoms with Crippen molar-refractivity contribution < 1.29 is 9.32 Å². The molecule has 6 heteroatoms. The zero-order chi connectivity index (χ0) is 18.8. The molecule has 0 spiro atoms. The van der Waals surface area contributed by atoms with Crippen molar-refractivity contribution in [2.24, 2.45) is 0 Å². The molecule has 136 valence electrons. The summed E-state index contributed by atoms with van der Waals surface area (Å²) in [5.74, 6) is -0.0477. The van der Waals surface area contributed by atoms with Crippen molar-refractivity contribution in [2.75, 3.05) is 0 Å². The maximum atomic E-state index is 12.4. The Hall–Kier alpha value is -3.41. The van der Waals surface area contributed by atoms with Crippen LogP contribution >= 0.6 is 0 Å². The van der Waals surface area contributed by atoms with Gasteiger partial charge in [0, 0.05) is 23.9 Å². The molecule has 0 aliphatic carbocycles. The van der Waals surface area contributed by atoms with Gasteiger partial charge in [0.25, 0.3) is 5.91 Å². The molecule has 4 aromatic rings. The number of nitrogens with zero attached hydrogens (tertiary/aromatic N) is 3. The zero-order valence-corrected chi connectivity index (χ0v) is 15.2. The van der Waals surface area contributed by atoms with E-state index in [0.717, 1.165) is 28.3 Å². The number of rotatable bonds is 5. The Labute approximate surface area is 156 Å². The molecule has 4 rings (SSSR count). The summed E-state index contributed by atoms with van der Waals surface area (Å²) < 4.78 is 7.24. The smallest absolute Gasteiger partial charge is 0.290 e. The van der Waals surface area contributed by atoms with E-state index in [1.54, 1.807) is 6.07 Å². The quantitative estimate of drug-likeness (QED) is 0.589. The Morgan fingerprint density at radius 1 is 1.19 bits per heavy atom. The van der Waals surface area contributed by atoms with Gasteiger partial charge in [0.15, 0.2) is 0 Å². The van der Waals surface area contributed by atoms with Gasteiger partial charge in [0.1, 0.15) is 5.65 Å². The van der Waals surface area contributed by atoms with Crippen LogP contribution in [0.1, 0.15) is 46.0 Å². The molecule has 3 aromatic heterocycles. The average molecular weight is 360 g/mol. The van der Waals surface area contributed by atoms with Gasteiger partial charge in [-0.25, -0.2) is 4.98 Å². The molecule has 0 aliphatic heterocycles. The van der Waals surface area contributed by atoms with Crippen LogP contribution in [0.25, 0.3) is 5.65 Å². The van der Waals surface area contributed by atoms with Crippen molar-refractivity contribution in [2.45, 2.75) is 26.3 Å². The maximum Gasteiger partial charge on any atom is 0.290 e. The third-order valence-electron chi connectivity index (χ3n) is 4.67. The number of carbonyl (C=O) groups excluding carboxylic acids is 1. The van der Waals surface area contributed by atoms with Crippen LogP contribution in [0.2, 0.25) is 0 Å². The molecule has 0 bridgehead atoms. The minimum absolute atomic E-state index is 0.0536. The normalized spacial score (nSPS) is 12.2. The highest BCUT2D eigenvalue weighted by molar-refractivity contribution is 5.91. The summed E-state index contributed by atoms with van der Waals surface area (Å²) in [6, 6.07) is 17.6. The van der Waals surface area contributed by atoms with E-state index in [-0.39, 0.29) is 17.6 Å². The summed E-state index contributed by atoms with van der Waals surface area (Å²) in [7, 11) is 0. The van der Waals surface area contributed by atoms with Crippen LogP contribution in [0.4, 0.5) is 0 Å². The predicted molar refractivity (Wildman–Crippen MR) is 102 cm³/mol. The molecule has 0 saturated heterocycles. The number of amides is 1. The van der Waals surface area contributed by atoms with Crippen LogP contribution in [0.5, 0.6) is 0 Å². The number of hydrogen-bond acceptors (Lipinski definition) is 4. The molecule has 0 saturated carbocycles. The highest BCUT2D eigenvalue weighted by Crippen LogP contribution is 2.23. The monoisotopic (exact) mass is 360 g/mol. The lowest BCUT2D eigenvalue weighted by molar-refractivity contribution is 0.0913. The topological polar surface area (TPSA) is 72.4 Å². The first-order valence-corrected chi connectivity index (χ1v) is 8.85. The zero-order valence-electron chi connectivity index (χ0n) is 15.2. The van der Waals surface area contributed by atoms with Gasteiger partial charge < -0.3 is 14.2 Å². The van der Waals surface area contributed by atoms with Crippen LogP contribution in [0.3, 0.4) is 0 Å². The molecule has 0 unspecified atom stereocenters. The van der Waals surface area contributed by atoms with Crippen molar-refractivity contribution in [3.63, 3.8) is 0 Å². The largest absolute Gasteiger partial charge is 0.351 e. The molecular weight excluding hydrogens is 340 g/mol. The number of carbonyl (C=O) groups is 1. The summed E-state index contributed by atoms with van der Waals surface area (Å²) in [6.45, 7) is 4.37. The Kier molecular flexibility index (Phi) is 4.46. The van der Waals surface area contributed by atoms with Crippen molar-refractivity contribution in [1.82, 2.24) is 19.9 Å². The molecule has 0 radical (unpaired) electrons. The number of aromatic nitrogens is 3. The van der Waals surface area contributed by atoms with Crippen LogP contribution in [0, 0.1) is 6.92 Å². The number of nitrogens with one attached hydrogen (secondary N) is 1. The Morgan fingerprint density at radius 3 is 2.78 bits per heavy atom. The Bertz CT molecular complexity index is 1080. The molecular formula is C21H20N4O2. The van der Waals surface area contributed by atoms with E-state index in [1.165, 1.54) is 0 Å². The number of benzene rings is 1. The second kappa shape index (κ2) is 7.07. The molecule has 27 heavy (non-hydrogen) atoms. The minimum Gasteiger partial charge on any atom is -0.351 e. The van der Waals surface area contributed by atoms with E-state index >= 15 is 0 Å². The Morgan fingerprint density at radius 2 is 2.00 bits per heavy atom. The molecule has 1 aromatic carbocycles. The van der Waals surface area contributed by atoms with Gasteiger partial charge >= 0.3 is 0 Å². The van der Waals surface area contributed by atoms with E-state index in [9.17, 15) is 4.79 Å². The summed E-state index contributed by atoms with van der Waals surface area (Å²) in [6.07, 6.45) is 1.92. The van der Waals surface area contributed by atoms with Crippen molar-refractivity contribution in [3.8, 4) is 0 Å². The van der Waals surface area contributed by atoms with Gasteiger partial charge in [0.2, 0.25) is 5.76 Å². The first-order chi connectivity index (χ1) is 13.1. The predicted octanol–water partition coefficient (Wildman–Crippen LogP) is 3.71. The molecule has 1 N–H and O–H groups in total. The number of imidazole rings is 1. The fourth-order valence-corrected chi connectivity index (χ4v) is 3.05. The molecule has 0 fully saturated rings. The molecule has 1 atom stereocenters. The number of aryl methyl sites for hydroxylation is 1. The van der Waals surface area contributed by atoms with Crippen molar-refractivity contribution in [3.05, 3.63) is 89.2 Å². The molecule has 3 heterocycles. The van der Waals surface area contributed by atoms with E-state index in [0.29, 0.717) is 6.54 Å². The van der Waals surface area contributed by atoms with E-state index in [2.05, 4.69) is 15.5 Å². The number of hydrogen-bond donors (Lipinski definition) is 1. The fourth-order valence-electron chi connectivity index (χ4n) is 3.05. The van der Waals surface area contributed by atoms with E-state index in [4.69, 9.17) is 4.52 Å². The van der Waals surface area contributed by atoms with Crippen LogP contribution in [-0.4, -0.2) is 20.4 Å². The van der Waals surface area contributed by atoms with Gasteiger partial charge in [0.05, 0.1) is 17.9 Å². The second-order valence-electron chi connectivity index (χ2n) is 6.56. The van der Waals surface area contributed by atoms with E-state index < -0.39 is 0 Å². The summed E-state index contributed by atoms with van der Waals surface area (Å²) in [5.41, 5.74) is 4.59. The molecule has 1 amide bonds. The summed E-state index contributed by atoms with van der Waals surface area (Å²) >= 11 is 0. The molecule has 6 nitrogen and oxygen atoms in total. The van der Waals surface area contributed by atoms with Gasteiger partial charge in [-0.1, -0.05) is 48.5 Å². The van der Waals surface area contributed by atoms with E-state index in [1.807, 2.05) is 73.0 Å². The van der Waals surface area contributed by atoms with Crippen LogP contribution in [0.15, 0.2) is 65.3 Å². The third kappa shape index (κ3) is 3.46.